The van der Waals surface area contributed by atoms with Crippen molar-refractivity contribution in [1.29, 1.82) is 0 Å². The summed E-state index contributed by atoms with van der Waals surface area (Å²) < 4.78 is 7.63. The van der Waals surface area contributed by atoms with E-state index in [-0.39, 0.29) is 18.1 Å². The number of nitrogens with zero attached hydrogens (tertiary/aromatic N) is 5. The number of carbonyl (C=O) groups is 1. The molecule has 124 valence electrons. The van der Waals surface area contributed by atoms with E-state index in [4.69, 9.17) is 4.42 Å². The lowest BCUT2D eigenvalue weighted by Crippen LogP contribution is -2.28. The molecule has 0 spiro atoms. The van der Waals surface area contributed by atoms with Crippen LogP contribution in [0.15, 0.2) is 64.3 Å². The molecule has 1 amide bonds. The van der Waals surface area contributed by atoms with Crippen molar-refractivity contribution in [2.75, 3.05) is 5.32 Å². The number of nitrogens with one attached hydrogen (secondary N) is 1. The minimum absolute atomic E-state index is 0.189. The standard InChI is InChI=1S/C16H12N6O3/c23-14(9-22-16(24)21-7-2-1-6-13(21)20-22)18-12-5-3-4-11(8-12)15-19-17-10-25-15/h1-8,10H,9H2,(H,18,23). The van der Waals surface area contributed by atoms with E-state index in [1.807, 2.05) is 0 Å². The van der Waals surface area contributed by atoms with Crippen LogP contribution in [0.4, 0.5) is 5.69 Å². The number of rotatable bonds is 4. The van der Waals surface area contributed by atoms with Crippen LogP contribution in [0, 0.1) is 0 Å². The molecule has 3 aromatic heterocycles. The average Bonchev–Trinajstić information content (AvgIpc) is 3.25. The highest BCUT2D eigenvalue weighted by Crippen LogP contribution is 2.20. The summed E-state index contributed by atoms with van der Waals surface area (Å²) >= 11 is 0. The van der Waals surface area contributed by atoms with Crippen LogP contribution in [0.3, 0.4) is 0 Å². The van der Waals surface area contributed by atoms with Crippen LogP contribution in [0.25, 0.3) is 17.1 Å². The van der Waals surface area contributed by atoms with Crippen molar-refractivity contribution >= 4 is 17.2 Å². The zero-order valence-corrected chi connectivity index (χ0v) is 12.9. The lowest BCUT2D eigenvalue weighted by molar-refractivity contribution is -0.117. The first-order valence-corrected chi connectivity index (χ1v) is 7.41. The lowest BCUT2D eigenvalue weighted by atomic mass is 10.2. The first kappa shape index (κ1) is 14.8. The van der Waals surface area contributed by atoms with Gasteiger partial charge in [-0.15, -0.1) is 15.3 Å². The molecule has 25 heavy (non-hydrogen) atoms. The van der Waals surface area contributed by atoms with Crippen molar-refractivity contribution in [2.45, 2.75) is 6.54 Å². The monoisotopic (exact) mass is 336 g/mol. The molecule has 0 aliphatic heterocycles. The first-order chi connectivity index (χ1) is 12.2. The maximum absolute atomic E-state index is 12.2. The highest BCUT2D eigenvalue weighted by Gasteiger charge is 2.11. The van der Waals surface area contributed by atoms with E-state index >= 15 is 0 Å². The van der Waals surface area contributed by atoms with E-state index < -0.39 is 0 Å². The molecule has 0 unspecified atom stereocenters. The van der Waals surface area contributed by atoms with Gasteiger partial charge in [0.1, 0.15) is 6.54 Å². The van der Waals surface area contributed by atoms with Crippen molar-refractivity contribution in [2.24, 2.45) is 0 Å². The summed E-state index contributed by atoms with van der Waals surface area (Å²) in [6.07, 6.45) is 2.84. The summed E-state index contributed by atoms with van der Waals surface area (Å²) in [4.78, 5) is 24.4. The highest BCUT2D eigenvalue weighted by molar-refractivity contribution is 5.91. The Labute approximate surface area is 140 Å². The Bertz CT molecular complexity index is 1100. The zero-order chi connectivity index (χ0) is 17.2. The van der Waals surface area contributed by atoms with Crippen LogP contribution in [0.1, 0.15) is 0 Å². The maximum Gasteiger partial charge on any atom is 0.350 e. The average molecular weight is 336 g/mol. The highest BCUT2D eigenvalue weighted by atomic mass is 16.4. The molecule has 0 fully saturated rings. The Kier molecular flexibility index (Phi) is 3.58. The van der Waals surface area contributed by atoms with Crippen LogP contribution < -0.4 is 11.0 Å². The molecule has 4 rings (SSSR count). The van der Waals surface area contributed by atoms with E-state index in [0.29, 0.717) is 22.8 Å². The Balaban J connectivity index is 1.53. The molecule has 9 heteroatoms. The molecule has 9 nitrogen and oxygen atoms in total. The second-order valence-corrected chi connectivity index (χ2v) is 5.24. The van der Waals surface area contributed by atoms with E-state index in [9.17, 15) is 9.59 Å². The molecular formula is C16H12N6O3. The van der Waals surface area contributed by atoms with Crippen LogP contribution in [0.2, 0.25) is 0 Å². The topological polar surface area (TPSA) is 107 Å². The van der Waals surface area contributed by atoms with Gasteiger partial charge in [-0.05, 0) is 30.3 Å². The molecular weight excluding hydrogens is 324 g/mol. The van der Waals surface area contributed by atoms with Gasteiger partial charge in [0.05, 0.1) is 0 Å². The van der Waals surface area contributed by atoms with E-state index in [0.717, 1.165) is 4.68 Å². The summed E-state index contributed by atoms with van der Waals surface area (Å²) in [6.45, 7) is -0.189. The number of hydrogen-bond donors (Lipinski definition) is 1. The fraction of sp³-hybridized carbons (Fsp3) is 0.0625. The third-order valence-electron chi connectivity index (χ3n) is 3.54. The van der Waals surface area contributed by atoms with E-state index in [2.05, 4.69) is 20.6 Å². The van der Waals surface area contributed by atoms with Gasteiger partial charge in [0.25, 0.3) is 0 Å². The third kappa shape index (κ3) is 2.90. The number of fused-ring (bicyclic) bond motifs is 1. The van der Waals surface area contributed by atoms with Gasteiger partial charge >= 0.3 is 5.69 Å². The van der Waals surface area contributed by atoms with Crippen molar-refractivity contribution < 1.29 is 9.21 Å². The van der Waals surface area contributed by atoms with Gasteiger partial charge in [0.2, 0.25) is 18.2 Å². The molecule has 0 radical (unpaired) electrons. The molecule has 1 N–H and O–H groups in total. The Morgan fingerprint density at radius 3 is 2.92 bits per heavy atom. The zero-order valence-electron chi connectivity index (χ0n) is 12.9. The Hall–Kier alpha value is -3.75. The fourth-order valence-corrected chi connectivity index (χ4v) is 2.44. The Morgan fingerprint density at radius 1 is 1.20 bits per heavy atom. The summed E-state index contributed by atoms with van der Waals surface area (Å²) in [6, 6.07) is 12.2. The smallest absolute Gasteiger partial charge is 0.350 e. The molecule has 1 aromatic carbocycles. The number of benzene rings is 1. The Morgan fingerprint density at radius 2 is 2.12 bits per heavy atom. The molecule has 0 bridgehead atoms. The first-order valence-electron chi connectivity index (χ1n) is 7.41. The van der Waals surface area contributed by atoms with E-state index in [1.165, 1.54) is 10.8 Å². The minimum atomic E-state index is -0.370. The predicted octanol–water partition coefficient (Wildman–Crippen LogP) is 1.18. The van der Waals surface area contributed by atoms with Gasteiger partial charge in [0.15, 0.2) is 5.65 Å². The maximum atomic E-state index is 12.2. The molecule has 0 saturated carbocycles. The second kappa shape index (κ2) is 6.04. The lowest BCUT2D eigenvalue weighted by Gasteiger charge is -2.05. The number of pyridine rings is 1. The normalized spacial score (nSPS) is 10.9. The third-order valence-corrected chi connectivity index (χ3v) is 3.54. The van der Waals surface area contributed by atoms with Crippen LogP contribution in [-0.4, -0.2) is 30.3 Å². The quantitative estimate of drug-likeness (QED) is 0.600. The molecule has 4 aromatic rings. The number of hydrogen-bond acceptors (Lipinski definition) is 6. The van der Waals surface area contributed by atoms with Crippen molar-refractivity contribution in [1.82, 2.24) is 24.4 Å². The number of aromatic nitrogens is 5. The second-order valence-electron chi connectivity index (χ2n) is 5.24. The molecule has 0 aliphatic rings. The summed E-state index contributed by atoms with van der Waals surface area (Å²) in [5.74, 6) is -0.0131. The van der Waals surface area contributed by atoms with Crippen LogP contribution >= 0.6 is 0 Å². The number of amides is 1. The summed E-state index contributed by atoms with van der Waals surface area (Å²) in [7, 11) is 0. The van der Waals surface area contributed by atoms with Crippen molar-refractivity contribution in [3.63, 3.8) is 0 Å². The molecule has 3 heterocycles. The van der Waals surface area contributed by atoms with Gasteiger partial charge in [-0.25, -0.2) is 9.48 Å². The molecule has 0 aliphatic carbocycles. The number of anilines is 1. The van der Waals surface area contributed by atoms with Gasteiger partial charge in [-0.3, -0.25) is 9.20 Å². The van der Waals surface area contributed by atoms with Crippen molar-refractivity contribution in [3.05, 3.63) is 65.5 Å². The molecule has 0 saturated heterocycles. The van der Waals surface area contributed by atoms with Gasteiger partial charge in [-0.1, -0.05) is 12.1 Å². The van der Waals surface area contributed by atoms with Crippen molar-refractivity contribution in [3.8, 4) is 11.5 Å². The van der Waals surface area contributed by atoms with E-state index in [1.54, 1.807) is 48.7 Å². The summed E-state index contributed by atoms with van der Waals surface area (Å²) in [5.41, 5.74) is 1.35. The predicted molar refractivity (Wildman–Crippen MR) is 87.8 cm³/mol. The number of carbonyl (C=O) groups excluding carboxylic acids is 1. The largest absolute Gasteiger partial charge is 0.423 e. The molecule has 0 atom stereocenters. The van der Waals surface area contributed by atoms with Gasteiger partial charge < -0.3 is 9.73 Å². The van der Waals surface area contributed by atoms with Crippen LogP contribution in [0.5, 0.6) is 0 Å². The van der Waals surface area contributed by atoms with Gasteiger partial charge in [0, 0.05) is 17.4 Å². The SMILES string of the molecule is O=C(Cn1nc2ccccn2c1=O)Nc1cccc(-c2nnco2)c1. The van der Waals surface area contributed by atoms with Gasteiger partial charge in [-0.2, -0.15) is 0 Å². The van der Waals surface area contributed by atoms with Crippen LogP contribution in [-0.2, 0) is 11.3 Å². The minimum Gasteiger partial charge on any atom is -0.423 e. The fourth-order valence-electron chi connectivity index (χ4n) is 2.44. The summed E-state index contributed by atoms with van der Waals surface area (Å²) in [5, 5.41) is 14.3.